The lowest BCUT2D eigenvalue weighted by Crippen LogP contribution is -1.71. The minimum absolute atomic E-state index is 1.18. The summed E-state index contributed by atoms with van der Waals surface area (Å²) in [6, 6.07) is 0. The van der Waals surface area contributed by atoms with Gasteiger partial charge in [-0.15, -0.1) is 13.2 Å². The van der Waals surface area contributed by atoms with Crippen LogP contribution in [-0.4, -0.2) is 0 Å². The molecule has 1 rings (SSSR count). The SMILES string of the molecule is C1CC1.C=CCCCC.C=CCCCCCC. The van der Waals surface area contributed by atoms with E-state index in [9.17, 15) is 0 Å². The zero-order valence-corrected chi connectivity index (χ0v) is 12.3. The molecule has 0 heteroatoms. The minimum atomic E-state index is 1.18. The zero-order chi connectivity index (χ0) is 13.2. The van der Waals surface area contributed by atoms with Gasteiger partial charge in [-0.3, -0.25) is 0 Å². The third kappa shape index (κ3) is 39.1. The highest BCUT2D eigenvalue weighted by atomic mass is 14.0. The van der Waals surface area contributed by atoms with E-state index in [1.807, 2.05) is 12.2 Å². The van der Waals surface area contributed by atoms with E-state index in [2.05, 4.69) is 27.0 Å². The maximum atomic E-state index is 3.66. The van der Waals surface area contributed by atoms with Gasteiger partial charge in [0, 0.05) is 0 Å². The third-order valence-electron chi connectivity index (χ3n) is 2.38. The van der Waals surface area contributed by atoms with Crippen LogP contribution in [0.4, 0.5) is 0 Å². The van der Waals surface area contributed by atoms with Gasteiger partial charge in [0.15, 0.2) is 0 Å². The second-order valence-electron chi connectivity index (χ2n) is 4.63. The number of rotatable bonds is 8. The Morgan fingerprint density at radius 2 is 1.18 bits per heavy atom. The van der Waals surface area contributed by atoms with E-state index in [-0.39, 0.29) is 0 Å². The first-order valence-electron chi connectivity index (χ1n) is 7.55. The van der Waals surface area contributed by atoms with Crippen molar-refractivity contribution in [1.82, 2.24) is 0 Å². The molecule has 0 aliphatic heterocycles. The zero-order valence-electron chi connectivity index (χ0n) is 12.3. The van der Waals surface area contributed by atoms with Gasteiger partial charge in [0.05, 0.1) is 0 Å². The average Bonchev–Trinajstić information content (AvgIpc) is 3.21. The predicted octanol–water partition coefficient (Wildman–Crippen LogP) is 6.68. The summed E-state index contributed by atoms with van der Waals surface area (Å²) >= 11 is 0. The molecule has 0 heterocycles. The van der Waals surface area contributed by atoms with Crippen molar-refractivity contribution < 1.29 is 0 Å². The quantitative estimate of drug-likeness (QED) is 0.327. The van der Waals surface area contributed by atoms with E-state index in [0.29, 0.717) is 0 Å². The van der Waals surface area contributed by atoms with Gasteiger partial charge in [-0.25, -0.2) is 0 Å². The van der Waals surface area contributed by atoms with E-state index in [1.165, 1.54) is 70.6 Å². The Morgan fingerprint density at radius 3 is 1.47 bits per heavy atom. The van der Waals surface area contributed by atoms with E-state index in [4.69, 9.17) is 0 Å². The fourth-order valence-electron chi connectivity index (χ4n) is 1.06. The molecule has 1 saturated carbocycles. The van der Waals surface area contributed by atoms with Crippen LogP contribution in [0, 0.1) is 0 Å². The molecule has 0 nitrogen and oxygen atoms in total. The van der Waals surface area contributed by atoms with Crippen LogP contribution in [0.15, 0.2) is 25.3 Å². The van der Waals surface area contributed by atoms with Crippen molar-refractivity contribution in [1.29, 1.82) is 0 Å². The molecule has 102 valence electrons. The lowest BCUT2D eigenvalue weighted by atomic mass is 10.2. The first-order valence-corrected chi connectivity index (χ1v) is 7.55. The Balaban J connectivity index is 0. The van der Waals surface area contributed by atoms with Gasteiger partial charge in [-0.2, -0.15) is 0 Å². The van der Waals surface area contributed by atoms with Crippen molar-refractivity contribution in [2.45, 2.75) is 84.5 Å². The number of allylic oxidation sites excluding steroid dienone is 2. The van der Waals surface area contributed by atoms with Crippen LogP contribution in [0.3, 0.4) is 0 Å². The first-order chi connectivity index (χ1) is 8.33. The van der Waals surface area contributed by atoms with Crippen LogP contribution in [0.1, 0.15) is 84.5 Å². The molecule has 1 aliphatic carbocycles. The van der Waals surface area contributed by atoms with Crippen LogP contribution < -0.4 is 0 Å². The molecular weight excluding hydrogens is 204 g/mol. The molecule has 0 aromatic carbocycles. The molecule has 0 spiro atoms. The van der Waals surface area contributed by atoms with Gasteiger partial charge >= 0.3 is 0 Å². The van der Waals surface area contributed by atoms with Crippen molar-refractivity contribution in [3.8, 4) is 0 Å². The molecule has 0 N–H and O–H groups in total. The topological polar surface area (TPSA) is 0 Å². The fraction of sp³-hybridized carbons (Fsp3) is 0.765. The highest BCUT2D eigenvalue weighted by Gasteiger charge is 1.95. The maximum Gasteiger partial charge on any atom is -0.0353 e. The lowest BCUT2D eigenvalue weighted by molar-refractivity contribution is 0.675. The summed E-state index contributed by atoms with van der Waals surface area (Å²) in [4.78, 5) is 0. The fourth-order valence-corrected chi connectivity index (χ4v) is 1.06. The van der Waals surface area contributed by atoms with Gasteiger partial charge in [-0.1, -0.05) is 77.4 Å². The van der Waals surface area contributed by atoms with Crippen molar-refractivity contribution in [3.63, 3.8) is 0 Å². The molecule has 0 aromatic heterocycles. The summed E-state index contributed by atoms with van der Waals surface area (Å²) in [6.07, 6.45) is 18.8. The molecule has 0 aromatic rings. The second-order valence-corrected chi connectivity index (χ2v) is 4.63. The molecule has 1 aliphatic rings. The highest BCUT2D eigenvalue weighted by molar-refractivity contribution is 4.65. The van der Waals surface area contributed by atoms with Gasteiger partial charge in [0.1, 0.15) is 0 Å². The Bertz CT molecular complexity index is 130. The van der Waals surface area contributed by atoms with Crippen LogP contribution in [0.25, 0.3) is 0 Å². The standard InChI is InChI=1S/C8H16.C6H12.C3H6/c1-3-5-7-8-6-4-2;1-3-5-6-4-2;1-2-3-1/h3H,1,4-8H2,2H3;3H,1,4-6H2,2H3;1-3H2. The molecule has 0 saturated heterocycles. The number of hydrogen-bond acceptors (Lipinski definition) is 0. The molecule has 0 amide bonds. The lowest BCUT2D eigenvalue weighted by Gasteiger charge is -1.91. The Labute approximate surface area is 110 Å². The average molecular weight is 238 g/mol. The maximum absolute atomic E-state index is 3.66. The largest absolute Gasteiger partial charge is 0.103 e. The second kappa shape index (κ2) is 20.8. The van der Waals surface area contributed by atoms with Crippen LogP contribution in [0.5, 0.6) is 0 Å². The molecular formula is C17H34. The van der Waals surface area contributed by atoms with Crippen molar-refractivity contribution >= 4 is 0 Å². The van der Waals surface area contributed by atoms with Gasteiger partial charge in [0.25, 0.3) is 0 Å². The highest BCUT2D eigenvalue weighted by Crippen LogP contribution is 2.14. The molecule has 0 radical (unpaired) electrons. The molecule has 1 fully saturated rings. The summed E-state index contributed by atoms with van der Waals surface area (Å²) in [7, 11) is 0. The predicted molar refractivity (Wildman–Crippen MR) is 82.5 cm³/mol. The summed E-state index contributed by atoms with van der Waals surface area (Å²) in [5.41, 5.74) is 0. The normalized spacial score (nSPS) is 11.4. The summed E-state index contributed by atoms with van der Waals surface area (Å²) < 4.78 is 0. The number of unbranched alkanes of at least 4 members (excludes halogenated alkanes) is 6. The Hall–Kier alpha value is -0.520. The summed E-state index contributed by atoms with van der Waals surface area (Å²) in [5, 5.41) is 0. The minimum Gasteiger partial charge on any atom is -0.103 e. The van der Waals surface area contributed by atoms with Crippen LogP contribution in [0.2, 0.25) is 0 Å². The van der Waals surface area contributed by atoms with Crippen molar-refractivity contribution in [2.75, 3.05) is 0 Å². The Kier molecular flexibility index (Phi) is 23.1. The summed E-state index contributed by atoms with van der Waals surface area (Å²) in [5.74, 6) is 0. The Morgan fingerprint density at radius 1 is 0.706 bits per heavy atom. The monoisotopic (exact) mass is 238 g/mol. The third-order valence-corrected chi connectivity index (χ3v) is 2.38. The van der Waals surface area contributed by atoms with Crippen molar-refractivity contribution in [2.24, 2.45) is 0 Å². The molecule has 0 unspecified atom stereocenters. The summed E-state index contributed by atoms with van der Waals surface area (Å²) in [6.45, 7) is 11.7. The first kappa shape index (κ1) is 18.8. The van der Waals surface area contributed by atoms with Crippen molar-refractivity contribution in [3.05, 3.63) is 25.3 Å². The molecule has 17 heavy (non-hydrogen) atoms. The van der Waals surface area contributed by atoms with E-state index in [1.54, 1.807) is 0 Å². The van der Waals surface area contributed by atoms with Gasteiger partial charge in [-0.05, 0) is 19.3 Å². The van der Waals surface area contributed by atoms with Gasteiger partial charge in [0.2, 0.25) is 0 Å². The van der Waals surface area contributed by atoms with E-state index < -0.39 is 0 Å². The van der Waals surface area contributed by atoms with E-state index >= 15 is 0 Å². The molecule has 0 bridgehead atoms. The smallest absolute Gasteiger partial charge is 0.0353 e. The van der Waals surface area contributed by atoms with Crippen LogP contribution >= 0.6 is 0 Å². The van der Waals surface area contributed by atoms with Gasteiger partial charge < -0.3 is 0 Å². The van der Waals surface area contributed by atoms with Crippen LogP contribution in [-0.2, 0) is 0 Å². The number of hydrogen-bond donors (Lipinski definition) is 0. The van der Waals surface area contributed by atoms with E-state index in [0.717, 1.165) is 0 Å². The molecule has 0 atom stereocenters.